The summed E-state index contributed by atoms with van der Waals surface area (Å²) in [6.45, 7) is 6.89. The van der Waals surface area contributed by atoms with Gasteiger partial charge >= 0.3 is 6.16 Å². The topological polar surface area (TPSA) is 46.5 Å². The Balaban J connectivity index is 3.29. The first-order valence-electron chi connectivity index (χ1n) is 3.27. The Morgan fingerprint density at radius 2 is 2.00 bits per heavy atom. The molecule has 3 nitrogen and oxygen atoms in total. The summed E-state index contributed by atoms with van der Waals surface area (Å²) in [7, 11) is -1.11. The van der Waals surface area contributed by atoms with E-state index in [4.69, 9.17) is 5.11 Å². The van der Waals surface area contributed by atoms with Crippen LogP contribution in [0.25, 0.3) is 0 Å². The summed E-state index contributed by atoms with van der Waals surface area (Å²) >= 11 is 0. The molecular weight excluding hydrogens is 148 g/mol. The van der Waals surface area contributed by atoms with Crippen LogP contribution in [-0.2, 0) is 4.74 Å². The summed E-state index contributed by atoms with van der Waals surface area (Å²) in [5.41, 5.74) is 0. The van der Waals surface area contributed by atoms with Gasteiger partial charge in [0, 0.05) is 8.07 Å². The second-order valence-electron chi connectivity index (χ2n) is 3.43. The van der Waals surface area contributed by atoms with E-state index >= 15 is 0 Å². The highest BCUT2D eigenvalue weighted by Gasteiger charge is 2.12. The first-order valence-corrected chi connectivity index (χ1v) is 6.98. The maximum atomic E-state index is 9.88. The van der Waals surface area contributed by atoms with Gasteiger partial charge in [0.15, 0.2) is 0 Å². The number of carboxylic acid groups (broad SMARTS) is 1. The quantitative estimate of drug-likeness (QED) is 0.510. The number of ether oxygens (including phenoxy) is 1. The molecule has 10 heavy (non-hydrogen) atoms. The summed E-state index contributed by atoms with van der Waals surface area (Å²) in [6, 6.07) is 0.902. The van der Waals surface area contributed by atoms with Gasteiger partial charge in [0.2, 0.25) is 0 Å². The fraction of sp³-hybridized carbons (Fsp3) is 0.833. The molecule has 0 bridgehead atoms. The van der Waals surface area contributed by atoms with Crippen molar-refractivity contribution in [2.24, 2.45) is 0 Å². The predicted molar refractivity (Wildman–Crippen MR) is 42.1 cm³/mol. The highest BCUT2D eigenvalue weighted by Crippen LogP contribution is 2.07. The molecule has 60 valence electrons. The van der Waals surface area contributed by atoms with Crippen LogP contribution in [0.1, 0.15) is 0 Å². The first kappa shape index (κ1) is 9.49. The van der Waals surface area contributed by atoms with Crippen molar-refractivity contribution >= 4 is 14.2 Å². The third-order valence-electron chi connectivity index (χ3n) is 1.08. The van der Waals surface area contributed by atoms with E-state index in [0.717, 1.165) is 6.04 Å². The zero-order valence-corrected chi connectivity index (χ0v) is 7.68. The van der Waals surface area contributed by atoms with Crippen molar-refractivity contribution < 1.29 is 14.6 Å². The zero-order chi connectivity index (χ0) is 8.20. The molecule has 0 aliphatic rings. The summed E-state index contributed by atoms with van der Waals surface area (Å²) in [6.07, 6.45) is -1.17. The van der Waals surface area contributed by atoms with Crippen LogP contribution in [0.5, 0.6) is 0 Å². The molecule has 0 aliphatic heterocycles. The van der Waals surface area contributed by atoms with Gasteiger partial charge in [0.25, 0.3) is 0 Å². The summed E-state index contributed by atoms with van der Waals surface area (Å²) in [5.74, 6) is 0. The van der Waals surface area contributed by atoms with Crippen molar-refractivity contribution in [2.45, 2.75) is 25.7 Å². The molecule has 0 atom stereocenters. The van der Waals surface area contributed by atoms with Gasteiger partial charge in [-0.25, -0.2) is 4.79 Å². The van der Waals surface area contributed by atoms with Crippen molar-refractivity contribution in [3.63, 3.8) is 0 Å². The number of rotatable bonds is 3. The maximum absolute atomic E-state index is 9.88. The lowest BCUT2D eigenvalue weighted by Crippen LogP contribution is -2.22. The average Bonchev–Trinajstić information content (AvgIpc) is 1.59. The highest BCUT2D eigenvalue weighted by atomic mass is 28.3. The summed E-state index contributed by atoms with van der Waals surface area (Å²) < 4.78 is 4.37. The third kappa shape index (κ3) is 7.49. The lowest BCUT2D eigenvalue weighted by atomic mass is 10.8. The van der Waals surface area contributed by atoms with Gasteiger partial charge in [-0.3, -0.25) is 0 Å². The van der Waals surface area contributed by atoms with Crippen LogP contribution in [0.4, 0.5) is 4.79 Å². The highest BCUT2D eigenvalue weighted by molar-refractivity contribution is 6.76. The van der Waals surface area contributed by atoms with E-state index in [0.29, 0.717) is 6.61 Å². The Morgan fingerprint density at radius 1 is 1.50 bits per heavy atom. The van der Waals surface area contributed by atoms with Crippen molar-refractivity contribution in [3.8, 4) is 0 Å². The number of hydrogen-bond acceptors (Lipinski definition) is 2. The van der Waals surface area contributed by atoms with Crippen LogP contribution in [0.2, 0.25) is 25.7 Å². The van der Waals surface area contributed by atoms with Crippen LogP contribution in [-0.4, -0.2) is 25.9 Å². The molecule has 0 aromatic heterocycles. The van der Waals surface area contributed by atoms with Crippen molar-refractivity contribution in [1.29, 1.82) is 0 Å². The smallest absolute Gasteiger partial charge is 0.450 e. The molecule has 0 spiro atoms. The minimum atomic E-state index is -1.17. The second kappa shape index (κ2) is 3.61. The van der Waals surface area contributed by atoms with Gasteiger partial charge in [0.1, 0.15) is 0 Å². The molecular formula is C6H14O3Si. The molecule has 0 aliphatic carbocycles. The fourth-order valence-electron chi connectivity index (χ4n) is 0.445. The molecule has 0 amide bonds. The van der Waals surface area contributed by atoms with E-state index in [1.54, 1.807) is 0 Å². The Hall–Kier alpha value is -0.513. The van der Waals surface area contributed by atoms with Gasteiger partial charge < -0.3 is 9.84 Å². The van der Waals surface area contributed by atoms with Crippen molar-refractivity contribution in [2.75, 3.05) is 6.61 Å². The number of hydrogen-bond donors (Lipinski definition) is 1. The van der Waals surface area contributed by atoms with Gasteiger partial charge in [-0.05, 0) is 6.04 Å². The zero-order valence-electron chi connectivity index (χ0n) is 6.68. The van der Waals surface area contributed by atoms with Gasteiger partial charge in [-0.1, -0.05) is 19.6 Å². The Labute approximate surface area is 62.0 Å². The molecule has 0 saturated heterocycles. The van der Waals surface area contributed by atoms with E-state index in [1.165, 1.54) is 0 Å². The Morgan fingerprint density at radius 3 is 2.30 bits per heavy atom. The first-order chi connectivity index (χ1) is 4.42. The molecule has 0 saturated carbocycles. The lowest BCUT2D eigenvalue weighted by molar-refractivity contribution is 0.0963. The molecule has 0 radical (unpaired) electrons. The Kier molecular flexibility index (Phi) is 3.42. The molecule has 4 heteroatoms. The van der Waals surface area contributed by atoms with E-state index in [2.05, 4.69) is 24.4 Å². The van der Waals surface area contributed by atoms with Crippen molar-refractivity contribution in [1.82, 2.24) is 0 Å². The van der Waals surface area contributed by atoms with E-state index in [9.17, 15) is 4.79 Å². The van der Waals surface area contributed by atoms with Crippen LogP contribution in [0.3, 0.4) is 0 Å². The lowest BCUT2D eigenvalue weighted by Gasteiger charge is -2.13. The molecule has 0 rings (SSSR count). The maximum Gasteiger partial charge on any atom is 0.505 e. The molecule has 0 aromatic rings. The van der Waals surface area contributed by atoms with Crippen LogP contribution in [0.15, 0.2) is 0 Å². The van der Waals surface area contributed by atoms with E-state index in [1.807, 2.05) is 0 Å². The summed E-state index contributed by atoms with van der Waals surface area (Å²) in [4.78, 5) is 9.88. The SMILES string of the molecule is C[Si](C)(C)CCOC(=O)O. The standard InChI is InChI=1S/C6H14O3Si/c1-10(2,3)5-4-9-6(7)8/h4-5H2,1-3H3,(H,7,8). The van der Waals surface area contributed by atoms with Gasteiger partial charge in [-0.2, -0.15) is 0 Å². The van der Waals surface area contributed by atoms with E-state index in [-0.39, 0.29) is 0 Å². The fourth-order valence-corrected chi connectivity index (χ4v) is 1.16. The third-order valence-corrected chi connectivity index (χ3v) is 2.78. The second-order valence-corrected chi connectivity index (χ2v) is 9.05. The van der Waals surface area contributed by atoms with Crippen LogP contribution >= 0.6 is 0 Å². The number of carbonyl (C=O) groups is 1. The minimum absolute atomic E-state index is 0.352. The molecule has 1 N–H and O–H groups in total. The minimum Gasteiger partial charge on any atom is -0.450 e. The van der Waals surface area contributed by atoms with E-state index < -0.39 is 14.2 Å². The monoisotopic (exact) mass is 162 g/mol. The van der Waals surface area contributed by atoms with Gasteiger partial charge in [-0.15, -0.1) is 0 Å². The summed E-state index contributed by atoms with van der Waals surface area (Å²) in [5, 5.41) is 8.10. The van der Waals surface area contributed by atoms with Crippen LogP contribution < -0.4 is 0 Å². The van der Waals surface area contributed by atoms with Crippen LogP contribution in [0, 0.1) is 0 Å². The molecule has 0 aromatic carbocycles. The molecule has 0 heterocycles. The van der Waals surface area contributed by atoms with Crippen molar-refractivity contribution in [3.05, 3.63) is 0 Å². The van der Waals surface area contributed by atoms with Gasteiger partial charge in [0.05, 0.1) is 6.61 Å². The molecule has 0 fully saturated rings. The normalized spacial score (nSPS) is 11.1. The predicted octanol–water partition coefficient (Wildman–Crippen LogP) is 2.02. The largest absolute Gasteiger partial charge is 0.505 e. The molecule has 0 unspecified atom stereocenters. The Bertz CT molecular complexity index is 117. The average molecular weight is 162 g/mol.